The van der Waals surface area contributed by atoms with Crippen molar-refractivity contribution in [3.8, 4) is 0 Å². The highest BCUT2D eigenvalue weighted by atomic mass is 16.6. The van der Waals surface area contributed by atoms with Crippen LogP contribution in [0.3, 0.4) is 0 Å². The molecule has 5 heteroatoms. The third kappa shape index (κ3) is 80.2. The monoisotopic (exact) mass is 1300 g/mol. The van der Waals surface area contributed by atoms with Crippen LogP contribution < -0.4 is 0 Å². The first-order valence-corrected chi connectivity index (χ1v) is 40.4. The highest BCUT2D eigenvalue weighted by Gasteiger charge is 2.16. The average molecular weight is 1300 g/mol. The van der Waals surface area contributed by atoms with Gasteiger partial charge in [-0.3, -0.25) is 9.59 Å². The number of carbonyl (C=O) groups excluding carboxylic acids is 2. The smallest absolute Gasteiger partial charge is 0.306 e. The summed E-state index contributed by atoms with van der Waals surface area (Å²) in [5.41, 5.74) is 0. The highest BCUT2D eigenvalue weighted by molar-refractivity contribution is 5.70. The second kappa shape index (κ2) is 83.0. The van der Waals surface area contributed by atoms with E-state index < -0.39 is 6.10 Å². The second-order valence-corrected chi connectivity index (χ2v) is 26.8. The Bertz CT molecular complexity index is 1920. The van der Waals surface area contributed by atoms with Crippen molar-refractivity contribution in [1.82, 2.24) is 0 Å². The lowest BCUT2D eigenvalue weighted by Crippen LogP contribution is -2.28. The van der Waals surface area contributed by atoms with Crippen molar-refractivity contribution < 1.29 is 24.2 Å². The number of aliphatic hydroxyl groups is 1. The number of ether oxygens (including phenoxy) is 2. The molecular formula is C89H152O5. The number of carbonyl (C=O) groups is 2. The predicted molar refractivity (Wildman–Crippen MR) is 417 cm³/mol. The van der Waals surface area contributed by atoms with Gasteiger partial charge in [0.05, 0.1) is 6.61 Å². The SMILES string of the molecule is CC/C=C\C/C=C\C/C=C\C/C=C\C/C=C\C/C=C\C/C=C\C/C=C\C/C=C\CCCCCCCCCCCCCCCC(=O)OC(CO)COC(=O)CCCCCCCCCCCCCCCCCCCCCCCCCC/C=C\C/C=C\C/C=C\CCCCCCC. The van der Waals surface area contributed by atoms with Crippen LogP contribution in [-0.4, -0.2) is 36.4 Å². The van der Waals surface area contributed by atoms with Crippen LogP contribution in [0.5, 0.6) is 0 Å². The van der Waals surface area contributed by atoms with Crippen LogP contribution in [0.1, 0.15) is 386 Å². The largest absolute Gasteiger partial charge is 0.462 e. The van der Waals surface area contributed by atoms with Gasteiger partial charge in [0.2, 0.25) is 0 Å². The number of esters is 2. The lowest BCUT2D eigenvalue weighted by Gasteiger charge is -2.15. The van der Waals surface area contributed by atoms with E-state index in [2.05, 4.69) is 160 Å². The summed E-state index contributed by atoms with van der Waals surface area (Å²) in [7, 11) is 0. The van der Waals surface area contributed by atoms with Crippen LogP contribution in [-0.2, 0) is 19.1 Å². The summed E-state index contributed by atoms with van der Waals surface area (Å²) < 4.78 is 10.8. The zero-order valence-corrected chi connectivity index (χ0v) is 61.9. The lowest BCUT2D eigenvalue weighted by molar-refractivity contribution is -0.161. The average Bonchev–Trinajstić information content (AvgIpc) is 3.77. The number of aliphatic hydroxyl groups excluding tert-OH is 1. The molecule has 94 heavy (non-hydrogen) atoms. The normalized spacial score (nSPS) is 13.0. The number of rotatable bonds is 74. The van der Waals surface area contributed by atoms with Gasteiger partial charge in [-0.1, -0.05) is 397 Å². The summed E-state index contributed by atoms with van der Waals surface area (Å²) >= 11 is 0. The van der Waals surface area contributed by atoms with E-state index in [1.165, 1.54) is 250 Å². The van der Waals surface area contributed by atoms with E-state index in [0.29, 0.717) is 12.8 Å². The summed E-state index contributed by atoms with van der Waals surface area (Å²) in [5.74, 6) is -0.581. The van der Waals surface area contributed by atoms with Crippen molar-refractivity contribution in [2.75, 3.05) is 13.2 Å². The number of hydrogen-bond acceptors (Lipinski definition) is 5. The molecule has 0 fully saturated rings. The molecule has 0 rings (SSSR count). The van der Waals surface area contributed by atoms with Crippen molar-refractivity contribution >= 4 is 11.9 Å². The summed E-state index contributed by atoms with van der Waals surface area (Å²) in [6, 6.07) is 0. The van der Waals surface area contributed by atoms with E-state index in [-0.39, 0.29) is 25.2 Å². The Hall–Kier alpha value is -4.22. The fourth-order valence-corrected chi connectivity index (χ4v) is 11.6. The standard InChI is InChI=1S/C89H152O5/c1-3-5-7-9-11-13-15-17-19-21-23-25-27-29-31-33-35-37-39-41-43-44-46-48-50-52-54-56-58-60-62-64-66-68-70-72-74-76-78-80-82-84-89(92)94-87(85-90)86-93-88(91)83-81-79-77-75-73-71-69-67-65-63-61-59-57-55-53-51-49-47-45-42-40-38-36-34-32-30-28-26-24-22-20-18-16-14-12-10-8-6-4-2/h5,7,11,13,16-19,22-25,28-31,35,37,41,43,46,48,52,54,87,90H,3-4,6,8-10,12,14-15,20-21,26-27,32-34,36,38-40,42,44-45,47,49-51,53,55-86H2,1-2H3/b7-5-,13-11-,18-16-,19-17-,24-22-,25-23-,30-28-,31-29-,37-35-,43-41-,48-46-,54-52-. The Morgan fingerprint density at radius 1 is 0.255 bits per heavy atom. The minimum atomic E-state index is -0.781. The van der Waals surface area contributed by atoms with E-state index in [1.54, 1.807) is 0 Å². The van der Waals surface area contributed by atoms with E-state index in [9.17, 15) is 14.7 Å². The fourth-order valence-electron chi connectivity index (χ4n) is 11.6. The highest BCUT2D eigenvalue weighted by Crippen LogP contribution is 2.19. The summed E-state index contributed by atoms with van der Waals surface area (Å²) in [6.45, 7) is 4.05. The van der Waals surface area contributed by atoms with Crippen LogP contribution in [0.2, 0.25) is 0 Å². The van der Waals surface area contributed by atoms with Gasteiger partial charge in [0.1, 0.15) is 6.61 Å². The molecule has 1 atom stereocenters. The molecule has 0 heterocycles. The maximum absolute atomic E-state index is 12.4. The van der Waals surface area contributed by atoms with Crippen molar-refractivity contribution in [1.29, 1.82) is 0 Å². The molecule has 0 aliphatic heterocycles. The van der Waals surface area contributed by atoms with Gasteiger partial charge in [-0.15, -0.1) is 0 Å². The molecule has 0 saturated carbocycles. The number of allylic oxidation sites excluding steroid dienone is 24. The van der Waals surface area contributed by atoms with Gasteiger partial charge >= 0.3 is 11.9 Å². The molecule has 0 spiro atoms. The van der Waals surface area contributed by atoms with Gasteiger partial charge in [-0.25, -0.2) is 0 Å². The van der Waals surface area contributed by atoms with Gasteiger partial charge in [0.25, 0.3) is 0 Å². The number of hydrogen-bond donors (Lipinski definition) is 1. The minimum Gasteiger partial charge on any atom is -0.462 e. The first-order chi connectivity index (χ1) is 46.6. The summed E-state index contributed by atoms with van der Waals surface area (Å²) in [6.07, 6.45) is 125. The van der Waals surface area contributed by atoms with Crippen molar-refractivity contribution in [2.24, 2.45) is 0 Å². The minimum absolute atomic E-state index is 0.0680. The van der Waals surface area contributed by atoms with Crippen molar-refractivity contribution in [3.63, 3.8) is 0 Å². The zero-order chi connectivity index (χ0) is 67.5. The van der Waals surface area contributed by atoms with E-state index in [4.69, 9.17) is 9.47 Å². The molecule has 538 valence electrons. The zero-order valence-electron chi connectivity index (χ0n) is 61.9. The van der Waals surface area contributed by atoms with Gasteiger partial charge < -0.3 is 14.6 Å². The molecule has 0 aliphatic rings. The van der Waals surface area contributed by atoms with Gasteiger partial charge in [0, 0.05) is 12.8 Å². The topological polar surface area (TPSA) is 72.8 Å². The molecule has 0 saturated heterocycles. The Morgan fingerprint density at radius 3 is 0.691 bits per heavy atom. The quantitative estimate of drug-likeness (QED) is 0.0373. The summed E-state index contributed by atoms with van der Waals surface area (Å²) in [5, 5.41) is 9.73. The molecule has 1 N–H and O–H groups in total. The third-order valence-corrected chi connectivity index (χ3v) is 17.6. The first kappa shape index (κ1) is 89.8. The van der Waals surface area contributed by atoms with E-state index in [1.807, 2.05) is 0 Å². The second-order valence-electron chi connectivity index (χ2n) is 26.8. The summed E-state index contributed by atoms with van der Waals surface area (Å²) in [4.78, 5) is 24.7. The molecule has 0 aromatic rings. The molecular weight excluding hydrogens is 1150 g/mol. The Balaban J connectivity index is 3.46. The van der Waals surface area contributed by atoms with Gasteiger partial charge in [-0.2, -0.15) is 0 Å². The molecule has 0 aromatic carbocycles. The van der Waals surface area contributed by atoms with Crippen molar-refractivity contribution in [2.45, 2.75) is 392 Å². The van der Waals surface area contributed by atoms with E-state index in [0.717, 1.165) is 109 Å². The molecule has 0 radical (unpaired) electrons. The van der Waals surface area contributed by atoms with Gasteiger partial charge in [0.15, 0.2) is 6.10 Å². The Kier molecular flexibility index (Phi) is 79.3. The maximum Gasteiger partial charge on any atom is 0.306 e. The molecule has 5 nitrogen and oxygen atoms in total. The van der Waals surface area contributed by atoms with Crippen LogP contribution in [0.25, 0.3) is 0 Å². The maximum atomic E-state index is 12.4. The van der Waals surface area contributed by atoms with Crippen LogP contribution in [0, 0.1) is 0 Å². The Morgan fingerprint density at radius 2 is 0.457 bits per heavy atom. The molecule has 0 amide bonds. The van der Waals surface area contributed by atoms with E-state index >= 15 is 0 Å². The van der Waals surface area contributed by atoms with Gasteiger partial charge in [-0.05, 0) is 122 Å². The molecule has 0 aliphatic carbocycles. The van der Waals surface area contributed by atoms with Crippen LogP contribution in [0.4, 0.5) is 0 Å². The van der Waals surface area contributed by atoms with Crippen LogP contribution in [0.15, 0.2) is 146 Å². The Labute approximate surface area is 584 Å². The van der Waals surface area contributed by atoms with Crippen LogP contribution >= 0.6 is 0 Å². The first-order valence-electron chi connectivity index (χ1n) is 40.4. The third-order valence-electron chi connectivity index (χ3n) is 17.6. The van der Waals surface area contributed by atoms with Crippen molar-refractivity contribution in [3.05, 3.63) is 146 Å². The predicted octanol–water partition coefficient (Wildman–Crippen LogP) is 28.8. The number of unbranched alkanes of at least 4 members (excludes halogenated alkanes) is 42. The molecule has 0 bridgehead atoms. The fraction of sp³-hybridized carbons (Fsp3) is 0.708. The lowest BCUT2D eigenvalue weighted by atomic mass is 10.0. The molecule has 1 unspecified atom stereocenters. The molecule has 0 aromatic heterocycles.